The molecule has 1 N–H and O–H groups in total. The van der Waals surface area contributed by atoms with Crippen molar-refractivity contribution in [2.24, 2.45) is 0 Å². The first-order chi connectivity index (χ1) is 13.4. The Hall–Kier alpha value is -0.160. The third-order valence-corrected chi connectivity index (χ3v) is 5.32. The van der Waals surface area contributed by atoms with Crippen LogP contribution in [0.3, 0.4) is 0 Å². The van der Waals surface area contributed by atoms with Crippen molar-refractivity contribution in [3.8, 4) is 0 Å². The molecule has 0 amide bonds. The van der Waals surface area contributed by atoms with E-state index in [4.69, 9.17) is 19.3 Å². The van der Waals surface area contributed by atoms with E-state index in [1.54, 1.807) is 0 Å². The van der Waals surface area contributed by atoms with Crippen molar-refractivity contribution in [1.82, 2.24) is 0 Å². The van der Waals surface area contributed by atoms with Gasteiger partial charge in [-0.05, 0) is 44.9 Å². The first kappa shape index (κ1) is 24.9. The second-order valence-electron chi connectivity index (χ2n) is 7.95. The molecule has 0 aliphatic carbocycles. The highest BCUT2D eigenvalue weighted by Gasteiger charge is 2.13. The fourth-order valence-electron chi connectivity index (χ4n) is 3.55. The van der Waals surface area contributed by atoms with Crippen LogP contribution in [0.1, 0.15) is 109 Å². The van der Waals surface area contributed by atoms with Gasteiger partial charge >= 0.3 is 0 Å². The van der Waals surface area contributed by atoms with E-state index in [-0.39, 0.29) is 6.29 Å². The van der Waals surface area contributed by atoms with Gasteiger partial charge in [0.05, 0.1) is 0 Å². The molecule has 1 aliphatic heterocycles. The topological polar surface area (TPSA) is 47.9 Å². The zero-order chi connectivity index (χ0) is 19.3. The maximum Gasteiger partial charge on any atom is 0.157 e. The standard InChI is InChI=1S/C23H46O4/c24-18-12-7-3-1-4-8-13-19-25-20-14-9-5-2-6-10-15-21-26-23-17-11-16-22-27-23/h23-24H,1-22H2. The number of aliphatic hydroxyl groups excluding tert-OH is 1. The van der Waals surface area contributed by atoms with Gasteiger partial charge in [-0.15, -0.1) is 0 Å². The predicted molar refractivity (Wildman–Crippen MR) is 112 cm³/mol. The quantitative estimate of drug-likeness (QED) is 0.261. The summed E-state index contributed by atoms with van der Waals surface area (Å²) in [4.78, 5) is 0. The summed E-state index contributed by atoms with van der Waals surface area (Å²) in [6, 6.07) is 0. The summed E-state index contributed by atoms with van der Waals surface area (Å²) in [7, 11) is 0. The molecule has 1 atom stereocenters. The van der Waals surface area contributed by atoms with E-state index in [1.165, 1.54) is 96.3 Å². The Labute approximate surface area is 168 Å². The first-order valence-corrected chi connectivity index (χ1v) is 11.9. The summed E-state index contributed by atoms with van der Waals surface area (Å²) in [5, 5.41) is 8.72. The maximum atomic E-state index is 8.72. The Balaban J connectivity index is 1.64. The highest BCUT2D eigenvalue weighted by Crippen LogP contribution is 2.14. The second kappa shape index (κ2) is 20.6. The van der Waals surface area contributed by atoms with E-state index in [1.807, 2.05) is 0 Å². The van der Waals surface area contributed by atoms with Crippen molar-refractivity contribution in [2.45, 2.75) is 115 Å². The molecule has 0 spiro atoms. The van der Waals surface area contributed by atoms with Crippen molar-refractivity contribution >= 4 is 0 Å². The lowest BCUT2D eigenvalue weighted by Gasteiger charge is -2.22. The summed E-state index contributed by atoms with van der Waals surface area (Å²) in [5.41, 5.74) is 0. The Morgan fingerprint density at radius 1 is 0.630 bits per heavy atom. The first-order valence-electron chi connectivity index (χ1n) is 11.9. The van der Waals surface area contributed by atoms with Gasteiger partial charge in [0.15, 0.2) is 6.29 Å². The smallest absolute Gasteiger partial charge is 0.157 e. The van der Waals surface area contributed by atoms with Gasteiger partial charge in [0.25, 0.3) is 0 Å². The van der Waals surface area contributed by atoms with E-state index >= 15 is 0 Å². The van der Waals surface area contributed by atoms with Crippen LogP contribution in [0, 0.1) is 0 Å². The lowest BCUT2D eigenvalue weighted by molar-refractivity contribution is -0.162. The monoisotopic (exact) mass is 386 g/mol. The molecule has 1 rings (SSSR count). The van der Waals surface area contributed by atoms with Crippen LogP contribution >= 0.6 is 0 Å². The summed E-state index contributed by atoms with van der Waals surface area (Å²) in [6.07, 6.45) is 21.1. The molecule has 0 aromatic carbocycles. The minimum Gasteiger partial charge on any atom is -0.396 e. The van der Waals surface area contributed by atoms with E-state index in [0.29, 0.717) is 6.61 Å². The van der Waals surface area contributed by atoms with Crippen LogP contribution in [0.2, 0.25) is 0 Å². The molecule has 1 heterocycles. The van der Waals surface area contributed by atoms with Crippen molar-refractivity contribution in [3.63, 3.8) is 0 Å². The highest BCUT2D eigenvalue weighted by molar-refractivity contribution is 4.54. The molecular weight excluding hydrogens is 340 g/mol. The van der Waals surface area contributed by atoms with Crippen LogP contribution in [0.15, 0.2) is 0 Å². The van der Waals surface area contributed by atoms with E-state index in [9.17, 15) is 0 Å². The molecule has 1 fully saturated rings. The maximum absolute atomic E-state index is 8.72. The molecule has 1 aliphatic rings. The van der Waals surface area contributed by atoms with Crippen molar-refractivity contribution in [1.29, 1.82) is 0 Å². The van der Waals surface area contributed by atoms with Gasteiger partial charge in [0.2, 0.25) is 0 Å². The Morgan fingerprint density at radius 2 is 1.15 bits per heavy atom. The normalized spacial score (nSPS) is 17.4. The fourth-order valence-corrected chi connectivity index (χ4v) is 3.55. The number of hydrogen-bond donors (Lipinski definition) is 1. The SMILES string of the molecule is OCCCCCCCCCOCCCCCCCCCOC1CCCCO1. The van der Waals surface area contributed by atoms with Gasteiger partial charge in [0, 0.05) is 33.0 Å². The molecule has 0 aromatic heterocycles. The van der Waals surface area contributed by atoms with E-state index in [0.717, 1.165) is 39.3 Å². The van der Waals surface area contributed by atoms with Crippen molar-refractivity contribution in [2.75, 3.05) is 33.0 Å². The molecule has 0 bridgehead atoms. The second-order valence-corrected chi connectivity index (χ2v) is 7.95. The molecular formula is C23H46O4. The number of hydrogen-bond acceptors (Lipinski definition) is 4. The average molecular weight is 387 g/mol. The molecule has 0 aromatic rings. The van der Waals surface area contributed by atoms with E-state index < -0.39 is 0 Å². The van der Waals surface area contributed by atoms with Crippen LogP contribution in [0.5, 0.6) is 0 Å². The minimum atomic E-state index is 0.0793. The molecule has 0 radical (unpaired) electrons. The third-order valence-electron chi connectivity index (χ3n) is 5.32. The molecule has 4 heteroatoms. The summed E-state index contributed by atoms with van der Waals surface area (Å²) in [5.74, 6) is 0. The highest BCUT2D eigenvalue weighted by atomic mass is 16.7. The van der Waals surface area contributed by atoms with Crippen LogP contribution in [-0.2, 0) is 14.2 Å². The number of unbranched alkanes of at least 4 members (excludes halogenated alkanes) is 12. The van der Waals surface area contributed by atoms with Crippen LogP contribution in [0.25, 0.3) is 0 Å². The van der Waals surface area contributed by atoms with Gasteiger partial charge < -0.3 is 19.3 Å². The Kier molecular flexibility index (Phi) is 19.0. The minimum absolute atomic E-state index is 0.0793. The number of ether oxygens (including phenoxy) is 3. The van der Waals surface area contributed by atoms with Gasteiger partial charge in [0.1, 0.15) is 0 Å². The lowest BCUT2D eigenvalue weighted by Crippen LogP contribution is -2.22. The lowest BCUT2D eigenvalue weighted by atomic mass is 10.1. The fraction of sp³-hybridized carbons (Fsp3) is 1.00. The molecule has 1 unspecified atom stereocenters. The summed E-state index contributed by atoms with van der Waals surface area (Å²) in [6.45, 7) is 3.95. The predicted octanol–water partition coefficient (Wildman–Crippen LogP) is 6.00. The molecule has 27 heavy (non-hydrogen) atoms. The zero-order valence-electron chi connectivity index (χ0n) is 17.8. The van der Waals surface area contributed by atoms with Gasteiger partial charge in [-0.1, -0.05) is 64.2 Å². The number of aliphatic hydroxyl groups is 1. The van der Waals surface area contributed by atoms with Crippen LogP contribution in [0.4, 0.5) is 0 Å². The van der Waals surface area contributed by atoms with Gasteiger partial charge in [-0.3, -0.25) is 0 Å². The van der Waals surface area contributed by atoms with Crippen molar-refractivity contribution in [3.05, 3.63) is 0 Å². The van der Waals surface area contributed by atoms with Crippen LogP contribution in [-0.4, -0.2) is 44.4 Å². The Morgan fingerprint density at radius 3 is 1.67 bits per heavy atom. The summed E-state index contributed by atoms with van der Waals surface area (Å²) < 4.78 is 17.1. The molecule has 0 saturated carbocycles. The molecule has 4 nitrogen and oxygen atoms in total. The van der Waals surface area contributed by atoms with E-state index in [2.05, 4.69) is 0 Å². The van der Waals surface area contributed by atoms with Gasteiger partial charge in [-0.25, -0.2) is 0 Å². The van der Waals surface area contributed by atoms with Crippen LogP contribution < -0.4 is 0 Å². The Bertz CT molecular complexity index is 280. The van der Waals surface area contributed by atoms with Crippen molar-refractivity contribution < 1.29 is 19.3 Å². The third kappa shape index (κ3) is 17.7. The molecule has 1 saturated heterocycles. The average Bonchev–Trinajstić information content (AvgIpc) is 2.70. The molecule has 162 valence electrons. The largest absolute Gasteiger partial charge is 0.396 e. The zero-order valence-corrected chi connectivity index (χ0v) is 17.8. The van der Waals surface area contributed by atoms with Gasteiger partial charge in [-0.2, -0.15) is 0 Å². The number of rotatable bonds is 20. The summed E-state index contributed by atoms with van der Waals surface area (Å²) >= 11 is 0.